The Morgan fingerprint density at radius 2 is 2.25 bits per heavy atom. The number of phenolic OH excluding ortho intramolecular Hbond substituents is 1. The van der Waals surface area contributed by atoms with Crippen LogP contribution in [0.5, 0.6) is 5.75 Å². The minimum absolute atomic E-state index is 0.0165. The van der Waals surface area contributed by atoms with Crippen LogP contribution in [0.4, 0.5) is 0 Å². The number of thioether (sulfide) groups is 1. The lowest BCUT2D eigenvalue weighted by Crippen LogP contribution is -2.17. The topological polar surface area (TPSA) is 49.3 Å². The molecule has 0 radical (unpaired) electrons. The zero-order valence-electron chi connectivity index (χ0n) is 7.86. The van der Waals surface area contributed by atoms with Crippen molar-refractivity contribution < 1.29 is 9.90 Å². The summed E-state index contributed by atoms with van der Waals surface area (Å²) in [5.41, 5.74) is 0.741. The third-order valence-corrected chi connectivity index (χ3v) is 3.38. The largest absolute Gasteiger partial charge is 0.506 e. The monoisotopic (exact) mass is 271 g/mol. The molecule has 2 rings (SSSR count). The van der Waals surface area contributed by atoms with Gasteiger partial charge in [0.05, 0.1) is 9.93 Å². The van der Waals surface area contributed by atoms with E-state index in [1.54, 1.807) is 18.2 Å². The molecule has 1 aliphatic rings. The molecule has 0 saturated carbocycles. The lowest BCUT2D eigenvalue weighted by molar-refractivity contribution is -0.115. The second kappa shape index (κ2) is 4.45. The summed E-state index contributed by atoms with van der Waals surface area (Å²) in [7, 11) is 0. The van der Waals surface area contributed by atoms with Gasteiger partial charge in [0, 0.05) is 0 Å². The van der Waals surface area contributed by atoms with Crippen LogP contribution in [-0.4, -0.2) is 15.3 Å². The quantitative estimate of drug-likeness (QED) is 0.609. The highest BCUT2D eigenvalue weighted by Crippen LogP contribution is 2.29. The first-order valence-corrected chi connectivity index (χ1v) is 5.90. The van der Waals surface area contributed by atoms with Crippen molar-refractivity contribution in [1.82, 2.24) is 5.32 Å². The highest BCUT2D eigenvalue weighted by Gasteiger charge is 2.21. The van der Waals surface area contributed by atoms with Gasteiger partial charge in [0.25, 0.3) is 5.91 Å². The van der Waals surface area contributed by atoms with Gasteiger partial charge in [-0.15, -0.1) is 0 Å². The van der Waals surface area contributed by atoms with Crippen LogP contribution in [0.2, 0.25) is 5.02 Å². The van der Waals surface area contributed by atoms with Crippen LogP contribution >= 0.6 is 35.6 Å². The molecule has 1 amide bonds. The highest BCUT2D eigenvalue weighted by atomic mass is 35.5. The van der Waals surface area contributed by atoms with E-state index >= 15 is 0 Å². The van der Waals surface area contributed by atoms with Crippen molar-refractivity contribution in [2.24, 2.45) is 0 Å². The molecule has 0 bridgehead atoms. The molecule has 0 aromatic heterocycles. The average Bonchev–Trinajstić information content (AvgIpc) is 2.51. The molecule has 1 fully saturated rings. The molecule has 0 unspecified atom stereocenters. The Hall–Kier alpha value is -1.04. The molecule has 1 aliphatic heterocycles. The average molecular weight is 272 g/mol. The van der Waals surface area contributed by atoms with Gasteiger partial charge in [0.2, 0.25) is 0 Å². The first kappa shape index (κ1) is 11.4. The maximum Gasteiger partial charge on any atom is 0.263 e. The molecule has 0 atom stereocenters. The predicted octanol–water partition coefficient (Wildman–Crippen LogP) is 2.53. The lowest BCUT2D eigenvalue weighted by Gasteiger charge is -1.98. The Bertz CT molecular complexity index is 514. The van der Waals surface area contributed by atoms with Crippen LogP contribution in [-0.2, 0) is 4.79 Å². The molecule has 2 N–H and O–H groups in total. The number of carbonyl (C=O) groups is 1. The first-order chi connectivity index (χ1) is 7.56. The molecule has 1 saturated heterocycles. The molecule has 1 heterocycles. The Kier molecular flexibility index (Phi) is 3.18. The number of rotatable bonds is 1. The zero-order chi connectivity index (χ0) is 11.7. The summed E-state index contributed by atoms with van der Waals surface area (Å²) in [6.45, 7) is 0. The molecule has 16 heavy (non-hydrogen) atoms. The normalized spacial score (nSPS) is 17.9. The SMILES string of the molecule is O=C1NC(=S)S/C1=C\c1ccc(O)c(Cl)c1. The third-order valence-electron chi connectivity index (χ3n) is 1.91. The molecule has 82 valence electrons. The van der Waals surface area contributed by atoms with Crippen molar-refractivity contribution in [3.63, 3.8) is 0 Å². The second-order valence-corrected chi connectivity index (χ2v) is 5.19. The summed E-state index contributed by atoms with van der Waals surface area (Å²) in [6, 6.07) is 4.73. The van der Waals surface area contributed by atoms with Crippen molar-refractivity contribution in [3.05, 3.63) is 33.7 Å². The number of phenols is 1. The van der Waals surface area contributed by atoms with E-state index in [9.17, 15) is 9.90 Å². The fraction of sp³-hybridized carbons (Fsp3) is 0. The number of hydrogen-bond acceptors (Lipinski definition) is 4. The maximum atomic E-state index is 11.4. The number of benzene rings is 1. The Morgan fingerprint density at radius 1 is 1.50 bits per heavy atom. The van der Waals surface area contributed by atoms with Crippen LogP contribution in [0, 0.1) is 0 Å². The van der Waals surface area contributed by atoms with E-state index in [2.05, 4.69) is 5.32 Å². The summed E-state index contributed by atoms with van der Waals surface area (Å²) >= 11 is 11.8. The molecule has 0 spiro atoms. The van der Waals surface area contributed by atoms with Crippen molar-refractivity contribution in [3.8, 4) is 5.75 Å². The number of carbonyl (C=O) groups excluding carboxylic acids is 1. The number of hydrogen-bond donors (Lipinski definition) is 2. The smallest absolute Gasteiger partial charge is 0.263 e. The molecule has 1 aromatic carbocycles. The van der Waals surface area contributed by atoms with Crippen LogP contribution in [0.25, 0.3) is 6.08 Å². The standard InChI is InChI=1S/C10H6ClNO2S2/c11-6-3-5(1-2-7(6)13)4-8-9(14)12-10(15)16-8/h1-4,13H,(H,12,14,15)/b8-4-. The summed E-state index contributed by atoms with van der Waals surface area (Å²) < 4.78 is 0.445. The minimum atomic E-state index is -0.209. The molecule has 6 heteroatoms. The van der Waals surface area contributed by atoms with E-state index in [0.29, 0.717) is 9.23 Å². The van der Waals surface area contributed by atoms with Gasteiger partial charge in [-0.25, -0.2) is 0 Å². The van der Waals surface area contributed by atoms with E-state index < -0.39 is 0 Å². The number of amides is 1. The summed E-state index contributed by atoms with van der Waals surface area (Å²) in [5, 5.41) is 12.0. The van der Waals surface area contributed by atoms with Crippen molar-refractivity contribution in [1.29, 1.82) is 0 Å². The fourth-order valence-electron chi connectivity index (χ4n) is 1.19. The predicted molar refractivity (Wildman–Crippen MR) is 69.4 cm³/mol. The number of halogens is 1. The maximum absolute atomic E-state index is 11.4. The first-order valence-electron chi connectivity index (χ1n) is 4.29. The van der Waals surface area contributed by atoms with Crippen molar-refractivity contribution in [2.45, 2.75) is 0 Å². The van der Waals surface area contributed by atoms with Crippen LogP contribution in [0.3, 0.4) is 0 Å². The summed E-state index contributed by atoms with van der Waals surface area (Å²) in [4.78, 5) is 11.9. The lowest BCUT2D eigenvalue weighted by atomic mass is 10.2. The van der Waals surface area contributed by atoms with Crippen LogP contribution < -0.4 is 5.32 Å². The van der Waals surface area contributed by atoms with Gasteiger partial charge >= 0.3 is 0 Å². The summed E-state index contributed by atoms with van der Waals surface area (Å²) in [5.74, 6) is -0.193. The molecule has 1 aromatic rings. The van der Waals surface area contributed by atoms with Crippen molar-refractivity contribution in [2.75, 3.05) is 0 Å². The Morgan fingerprint density at radius 3 is 2.81 bits per heavy atom. The van der Waals surface area contributed by atoms with E-state index in [0.717, 1.165) is 5.56 Å². The van der Waals surface area contributed by atoms with Crippen LogP contribution in [0.1, 0.15) is 5.56 Å². The highest BCUT2D eigenvalue weighted by molar-refractivity contribution is 8.26. The molecule has 0 aliphatic carbocycles. The van der Waals surface area contributed by atoms with Gasteiger partial charge in [0.1, 0.15) is 10.1 Å². The molecular weight excluding hydrogens is 266 g/mol. The number of nitrogens with one attached hydrogen (secondary N) is 1. The number of aromatic hydroxyl groups is 1. The van der Waals surface area contributed by atoms with E-state index in [-0.39, 0.29) is 16.7 Å². The van der Waals surface area contributed by atoms with Crippen molar-refractivity contribution >= 4 is 51.9 Å². The van der Waals surface area contributed by atoms with E-state index in [1.807, 2.05) is 0 Å². The third kappa shape index (κ3) is 2.37. The van der Waals surface area contributed by atoms with Gasteiger partial charge < -0.3 is 10.4 Å². The van der Waals surface area contributed by atoms with Gasteiger partial charge in [-0.1, -0.05) is 41.6 Å². The molecule has 3 nitrogen and oxygen atoms in total. The fourth-order valence-corrected chi connectivity index (χ4v) is 2.42. The molecular formula is C10H6ClNO2S2. The Balaban J connectivity index is 2.32. The van der Waals surface area contributed by atoms with Gasteiger partial charge in [-0.05, 0) is 23.8 Å². The summed E-state index contributed by atoms with van der Waals surface area (Å²) in [6.07, 6.45) is 1.67. The van der Waals surface area contributed by atoms with Gasteiger partial charge in [0.15, 0.2) is 0 Å². The number of thiocarbonyl (C=S) groups is 1. The van der Waals surface area contributed by atoms with Crippen LogP contribution in [0.15, 0.2) is 23.1 Å². The zero-order valence-corrected chi connectivity index (χ0v) is 10.2. The second-order valence-electron chi connectivity index (χ2n) is 3.06. The van der Waals surface area contributed by atoms with E-state index in [4.69, 9.17) is 23.8 Å². The minimum Gasteiger partial charge on any atom is -0.506 e. The van der Waals surface area contributed by atoms with Gasteiger partial charge in [-0.3, -0.25) is 4.79 Å². The van der Waals surface area contributed by atoms with Gasteiger partial charge in [-0.2, -0.15) is 0 Å². The Labute approximate surface area is 106 Å². The van der Waals surface area contributed by atoms with E-state index in [1.165, 1.54) is 17.8 Å².